The first-order valence-corrected chi connectivity index (χ1v) is 3.45. The van der Waals surface area contributed by atoms with Crippen LogP contribution >= 0.6 is 0 Å². The van der Waals surface area contributed by atoms with E-state index in [1.54, 1.807) is 0 Å². The van der Waals surface area contributed by atoms with Crippen LogP contribution in [0.2, 0.25) is 4.39 Å². The van der Waals surface area contributed by atoms with E-state index in [0.717, 1.165) is 4.39 Å². The Hall–Kier alpha value is 0.142. The topological polar surface area (TPSA) is 0 Å². The van der Waals surface area contributed by atoms with Crippen LogP contribution in [-0.4, -0.2) is 0 Å². The molecular formula is C5H5Re. The van der Waals surface area contributed by atoms with Crippen LogP contribution < -0.4 is 0 Å². The van der Waals surface area contributed by atoms with E-state index < -0.39 is 0 Å². The number of hydrogen-bond acceptors (Lipinski definition) is 0. The zero-order chi connectivity index (χ0) is 4.41. The second kappa shape index (κ2) is 1.73. The fourth-order valence-corrected chi connectivity index (χ4v) is 1.01. The number of hydrogen-bond donors (Lipinski definition) is 0. The van der Waals surface area contributed by atoms with Gasteiger partial charge in [0.2, 0.25) is 0 Å². The summed E-state index contributed by atoms with van der Waals surface area (Å²) in [6.45, 7) is 0. The summed E-state index contributed by atoms with van der Waals surface area (Å²) in [5, 5.41) is 0. The van der Waals surface area contributed by atoms with Gasteiger partial charge in [-0.15, -0.1) is 0 Å². The van der Waals surface area contributed by atoms with Crippen molar-refractivity contribution in [2.45, 2.75) is 4.39 Å². The quantitative estimate of drug-likeness (QED) is 0.611. The van der Waals surface area contributed by atoms with E-state index in [0.29, 0.717) is 0 Å². The van der Waals surface area contributed by atoms with E-state index in [1.165, 1.54) is 0 Å². The van der Waals surface area contributed by atoms with Gasteiger partial charge in [-0.3, -0.25) is 0 Å². The molecule has 0 bridgehead atoms. The molecule has 0 saturated heterocycles. The molecule has 0 nitrogen and oxygen atoms in total. The maximum absolute atomic E-state index is 2.19. The second-order valence-corrected chi connectivity index (χ2v) is 3.02. The molecule has 32 valence electrons. The van der Waals surface area contributed by atoms with Gasteiger partial charge in [0, 0.05) is 0 Å². The summed E-state index contributed by atoms with van der Waals surface area (Å²) in [7, 11) is 0. The van der Waals surface area contributed by atoms with Crippen LogP contribution in [0.5, 0.6) is 0 Å². The van der Waals surface area contributed by atoms with Gasteiger partial charge in [0.15, 0.2) is 0 Å². The molecule has 0 N–H and O–H groups in total. The first-order chi connectivity index (χ1) is 2.89. The van der Waals surface area contributed by atoms with Crippen molar-refractivity contribution >= 4 is 0 Å². The number of allylic oxidation sites excluding steroid dienone is 4. The standard InChI is InChI=1S/C5H5.Re/c1-2-4-5-3-1;/h1-5H;. The molecule has 0 amide bonds. The summed E-state index contributed by atoms with van der Waals surface area (Å²) in [5.74, 6) is 0. The SMILES string of the molecule is [Re][CH]1C=CC=C1. The van der Waals surface area contributed by atoms with Crippen molar-refractivity contribution in [1.82, 2.24) is 0 Å². The minimum absolute atomic E-state index is 0.741. The minimum atomic E-state index is 0.741. The Morgan fingerprint density at radius 2 is 1.67 bits per heavy atom. The fraction of sp³-hybridized carbons (Fsp3) is 0.200. The Bertz CT molecular complexity index is 80.1. The second-order valence-electron chi connectivity index (χ2n) is 1.21. The fourth-order valence-electron chi connectivity index (χ4n) is 0.405. The summed E-state index contributed by atoms with van der Waals surface area (Å²) < 4.78 is 0.741. The van der Waals surface area contributed by atoms with Gasteiger partial charge < -0.3 is 0 Å². The summed E-state index contributed by atoms with van der Waals surface area (Å²) in [4.78, 5) is 0. The summed E-state index contributed by atoms with van der Waals surface area (Å²) in [6, 6.07) is 0. The van der Waals surface area contributed by atoms with Crippen molar-refractivity contribution in [3.8, 4) is 0 Å². The van der Waals surface area contributed by atoms with E-state index in [9.17, 15) is 0 Å². The van der Waals surface area contributed by atoms with Crippen LogP contribution in [0.25, 0.3) is 0 Å². The van der Waals surface area contributed by atoms with Gasteiger partial charge in [0.25, 0.3) is 0 Å². The van der Waals surface area contributed by atoms with Gasteiger partial charge in [0.05, 0.1) is 0 Å². The molecule has 0 aliphatic heterocycles. The van der Waals surface area contributed by atoms with Gasteiger partial charge in [-0.2, -0.15) is 0 Å². The van der Waals surface area contributed by atoms with Crippen molar-refractivity contribution in [3.05, 3.63) is 24.3 Å². The van der Waals surface area contributed by atoms with Crippen molar-refractivity contribution in [2.24, 2.45) is 0 Å². The maximum atomic E-state index is 2.19. The van der Waals surface area contributed by atoms with E-state index in [4.69, 9.17) is 0 Å². The Balaban J connectivity index is 2.60. The van der Waals surface area contributed by atoms with Gasteiger partial charge in [0.1, 0.15) is 0 Å². The molecule has 0 heterocycles. The third-order valence-corrected chi connectivity index (χ3v) is 1.75. The molecule has 0 radical (unpaired) electrons. The van der Waals surface area contributed by atoms with Crippen LogP contribution in [0, 0.1) is 0 Å². The molecule has 1 heteroatoms. The van der Waals surface area contributed by atoms with Gasteiger partial charge in [-0.1, -0.05) is 0 Å². The normalized spacial score (nSPS) is 20.2. The molecule has 0 atom stereocenters. The number of rotatable bonds is 0. The summed E-state index contributed by atoms with van der Waals surface area (Å²) >= 11 is 1.81. The predicted octanol–water partition coefficient (Wildman–Crippen LogP) is 1.45. The van der Waals surface area contributed by atoms with Crippen molar-refractivity contribution in [1.29, 1.82) is 0 Å². The summed E-state index contributed by atoms with van der Waals surface area (Å²) in [6.07, 6.45) is 8.56. The van der Waals surface area contributed by atoms with E-state index in [-0.39, 0.29) is 0 Å². The van der Waals surface area contributed by atoms with E-state index in [1.807, 2.05) is 19.2 Å². The monoisotopic (exact) mass is 252 g/mol. The van der Waals surface area contributed by atoms with Crippen LogP contribution in [0.3, 0.4) is 0 Å². The molecule has 0 unspecified atom stereocenters. The van der Waals surface area contributed by atoms with Gasteiger partial charge in [-0.05, 0) is 0 Å². The van der Waals surface area contributed by atoms with Crippen LogP contribution in [0.4, 0.5) is 0 Å². The average molecular weight is 251 g/mol. The Morgan fingerprint density at radius 1 is 1.17 bits per heavy atom. The molecule has 0 aromatic heterocycles. The molecule has 0 aromatic carbocycles. The average Bonchev–Trinajstić information content (AvgIpc) is 1.86. The molecule has 0 spiro atoms. The third kappa shape index (κ3) is 0.802. The van der Waals surface area contributed by atoms with Crippen LogP contribution in [-0.2, 0) is 19.2 Å². The van der Waals surface area contributed by atoms with Crippen molar-refractivity contribution in [2.75, 3.05) is 0 Å². The zero-order valence-electron chi connectivity index (χ0n) is 3.26. The molecule has 1 aliphatic carbocycles. The van der Waals surface area contributed by atoms with Crippen LogP contribution in [0.1, 0.15) is 0 Å². The van der Waals surface area contributed by atoms with Crippen LogP contribution in [0.15, 0.2) is 24.3 Å². The molecule has 1 rings (SSSR count). The Kier molecular flexibility index (Phi) is 1.24. The van der Waals surface area contributed by atoms with Gasteiger partial charge >= 0.3 is 47.9 Å². The van der Waals surface area contributed by atoms with Crippen molar-refractivity contribution < 1.29 is 19.2 Å². The molecule has 6 heavy (non-hydrogen) atoms. The third-order valence-electron chi connectivity index (χ3n) is 0.701. The van der Waals surface area contributed by atoms with Crippen molar-refractivity contribution in [3.63, 3.8) is 0 Å². The Labute approximate surface area is 48.3 Å². The van der Waals surface area contributed by atoms with E-state index in [2.05, 4.69) is 24.3 Å². The zero-order valence-corrected chi connectivity index (χ0v) is 5.98. The first kappa shape index (κ1) is 4.31. The predicted molar refractivity (Wildman–Crippen MR) is 22.0 cm³/mol. The molecule has 0 fully saturated rings. The molecule has 0 saturated carbocycles. The van der Waals surface area contributed by atoms with E-state index >= 15 is 0 Å². The summed E-state index contributed by atoms with van der Waals surface area (Å²) in [5.41, 5.74) is 0. The first-order valence-electron chi connectivity index (χ1n) is 1.88. The Morgan fingerprint density at radius 3 is 1.83 bits per heavy atom. The van der Waals surface area contributed by atoms with Gasteiger partial charge in [-0.25, -0.2) is 0 Å². The molecular weight excluding hydrogens is 246 g/mol. The molecule has 1 aliphatic rings. The molecule has 0 aromatic rings.